The maximum Gasteiger partial charge on any atom is 0.222 e. The first-order valence-electron chi connectivity index (χ1n) is 6.44. The van der Waals surface area contributed by atoms with Gasteiger partial charge in [0, 0.05) is 26.1 Å². The second kappa shape index (κ2) is 5.64. The first-order valence-corrected chi connectivity index (χ1v) is 6.44. The first kappa shape index (κ1) is 11.9. The van der Waals surface area contributed by atoms with Gasteiger partial charge in [-0.2, -0.15) is 0 Å². The van der Waals surface area contributed by atoms with E-state index in [1.807, 2.05) is 11.9 Å². The maximum absolute atomic E-state index is 11.3. The van der Waals surface area contributed by atoms with Gasteiger partial charge < -0.3 is 15.5 Å². The molecule has 0 radical (unpaired) electrons. The van der Waals surface area contributed by atoms with Crippen molar-refractivity contribution in [2.24, 2.45) is 5.92 Å². The average molecular weight is 225 g/mol. The topological polar surface area (TPSA) is 44.4 Å². The highest BCUT2D eigenvalue weighted by Gasteiger charge is 2.23. The van der Waals surface area contributed by atoms with Gasteiger partial charge in [-0.1, -0.05) is 0 Å². The molecule has 2 fully saturated rings. The SMILES string of the molecule is CN1C[C@@H](NC[C@H]2CCCNC2)CCC1=O. The molecule has 0 aromatic carbocycles. The number of nitrogens with zero attached hydrogens (tertiary/aromatic N) is 1. The Bertz CT molecular complexity index is 238. The van der Waals surface area contributed by atoms with Gasteiger partial charge in [0.05, 0.1) is 0 Å². The molecule has 0 saturated carbocycles. The fraction of sp³-hybridized carbons (Fsp3) is 0.917. The largest absolute Gasteiger partial charge is 0.344 e. The van der Waals surface area contributed by atoms with E-state index in [2.05, 4.69) is 10.6 Å². The smallest absolute Gasteiger partial charge is 0.222 e. The average Bonchev–Trinajstić information content (AvgIpc) is 2.32. The Morgan fingerprint density at radius 1 is 1.50 bits per heavy atom. The summed E-state index contributed by atoms with van der Waals surface area (Å²) in [5.74, 6) is 1.06. The van der Waals surface area contributed by atoms with Crippen LogP contribution < -0.4 is 10.6 Å². The molecular formula is C12H23N3O. The second-order valence-electron chi connectivity index (χ2n) is 5.13. The first-order chi connectivity index (χ1) is 7.75. The molecule has 0 unspecified atom stereocenters. The van der Waals surface area contributed by atoms with Crippen LogP contribution in [0.25, 0.3) is 0 Å². The minimum Gasteiger partial charge on any atom is -0.344 e. The molecule has 2 saturated heterocycles. The van der Waals surface area contributed by atoms with Crippen LogP contribution in [0.15, 0.2) is 0 Å². The predicted molar refractivity (Wildman–Crippen MR) is 64.3 cm³/mol. The molecule has 2 aliphatic rings. The third kappa shape index (κ3) is 3.19. The van der Waals surface area contributed by atoms with Crippen LogP contribution in [0.3, 0.4) is 0 Å². The van der Waals surface area contributed by atoms with Crippen molar-refractivity contribution in [3.63, 3.8) is 0 Å². The van der Waals surface area contributed by atoms with E-state index in [4.69, 9.17) is 0 Å². The van der Waals surface area contributed by atoms with Crippen LogP contribution in [-0.4, -0.2) is 50.1 Å². The molecule has 0 spiro atoms. The lowest BCUT2D eigenvalue weighted by Gasteiger charge is -2.32. The zero-order chi connectivity index (χ0) is 11.4. The molecule has 2 aliphatic heterocycles. The number of piperidine rings is 2. The van der Waals surface area contributed by atoms with E-state index in [0.717, 1.165) is 32.0 Å². The third-order valence-corrected chi connectivity index (χ3v) is 3.72. The van der Waals surface area contributed by atoms with Crippen LogP contribution in [0.4, 0.5) is 0 Å². The summed E-state index contributed by atoms with van der Waals surface area (Å²) in [4.78, 5) is 13.2. The summed E-state index contributed by atoms with van der Waals surface area (Å²) in [6.45, 7) is 4.30. The highest BCUT2D eigenvalue weighted by atomic mass is 16.2. The standard InChI is InChI=1S/C12H23N3O/c1-15-9-11(4-5-12(15)16)14-8-10-3-2-6-13-7-10/h10-11,13-14H,2-9H2,1H3/t10-,11-/m0/s1. The quantitative estimate of drug-likeness (QED) is 0.721. The normalized spacial score (nSPS) is 31.8. The van der Waals surface area contributed by atoms with Gasteiger partial charge in [0.25, 0.3) is 0 Å². The Morgan fingerprint density at radius 2 is 2.38 bits per heavy atom. The summed E-state index contributed by atoms with van der Waals surface area (Å²) in [5, 5.41) is 7.04. The zero-order valence-electron chi connectivity index (χ0n) is 10.2. The molecule has 92 valence electrons. The highest BCUT2D eigenvalue weighted by Crippen LogP contribution is 2.12. The minimum atomic E-state index is 0.289. The fourth-order valence-electron chi connectivity index (χ4n) is 2.61. The zero-order valence-corrected chi connectivity index (χ0v) is 10.2. The Labute approximate surface area is 97.8 Å². The molecule has 4 nitrogen and oxygen atoms in total. The third-order valence-electron chi connectivity index (χ3n) is 3.72. The van der Waals surface area contributed by atoms with Crippen molar-refractivity contribution in [1.82, 2.24) is 15.5 Å². The molecule has 0 aromatic rings. The van der Waals surface area contributed by atoms with Gasteiger partial charge in [-0.15, -0.1) is 0 Å². The van der Waals surface area contributed by atoms with Gasteiger partial charge >= 0.3 is 0 Å². The van der Waals surface area contributed by atoms with Crippen molar-refractivity contribution in [2.45, 2.75) is 31.7 Å². The molecule has 2 heterocycles. The van der Waals surface area contributed by atoms with Crippen LogP contribution in [-0.2, 0) is 4.79 Å². The van der Waals surface area contributed by atoms with E-state index >= 15 is 0 Å². The summed E-state index contributed by atoms with van der Waals surface area (Å²) in [6, 6.07) is 0.504. The lowest BCUT2D eigenvalue weighted by atomic mass is 9.98. The van der Waals surface area contributed by atoms with Crippen LogP contribution in [0.1, 0.15) is 25.7 Å². The maximum atomic E-state index is 11.3. The van der Waals surface area contributed by atoms with Crippen molar-refractivity contribution in [3.8, 4) is 0 Å². The summed E-state index contributed by atoms with van der Waals surface area (Å²) in [6.07, 6.45) is 4.34. The summed E-state index contributed by atoms with van der Waals surface area (Å²) in [5.41, 5.74) is 0. The van der Waals surface area contributed by atoms with Crippen molar-refractivity contribution >= 4 is 5.91 Å². The number of likely N-dealkylation sites (tertiary alicyclic amines) is 1. The number of hydrogen-bond donors (Lipinski definition) is 2. The van der Waals surface area contributed by atoms with Crippen LogP contribution >= 0.6 is 0 Å². The van der Waals surface area contributed by atoms with Gasteiger partial charge in [-0.25, -0.2) is 0 Å². The molecular weight excluding hydrogens is 202 g/mol. The summed E-state index contributed by atoms with van der Waals surface area (Å²) in [7, 11) is 1.90. The van der Waals surface area contributed by atoms with E-state index in [9.17, 15) is 4.79 Å². The minimum absolute atomic E-state index is 0.289. The van der Waals surface area contributed by atoms with E-state index in [-0.39, 0.29) is 5.91 Å². The number of likely N-dealkylation sites (N-methyl/N-ethyl adjacent to an activating group) is 1. The second-order valence-corrected chi connectivity index (χ2v) is 5.13. The van der Waals surface area contributed by atoms with Crippen molar-refractivity contribution in [1.29, 1.82) is 0 Å². The number of amides is 1. The van der Waals surface area contributed by atoms with Gasteiger partial charge in [0.15, 0.2) is 0 Å². The molecule has 0 bridgehead atoms. The molecule has 2 N–H and O–H groups in total. The number of hydrogen-bond acceptors (Lipinski definition) is 3. The van der Waals surface area contributed by atoms with Gasteiger partial charge in [-0.05, 0) is 44.8 Å². The number of carbonyl (C=O) groups is 1. The molecule has 16 heavy (non-hydrogen) atoms. The Morgan fingerprint density at radius 3 is 3.06 bits per heavy atom. The molecule has 2 rings (SSSR count). The van der Waals surface area contributed by atoms with Crippen LogP contribution in [0, 0.1) is 5.92 Å². The predicted octanol–water partition coefficient (Wildman–Crippen LogP) is 0.196. The molecule has 4 heteroatoms. The van der Waals surface area contributed by atoms with E-state index in [0.29, 0.717) is 12.5 Å². The van der Waals surface area contributed by atoms with Gasteiger partial charge in [0.2, 0.25) is 5.91 Å². The van der Waals surface area contributed by atoms with Gasteiger partial charge in [0.1, 0.15) is 0 Å². The molecule has 1 amide bonds. The fourth-order valence-corrected chi connectivity index (χ4v) is 2.61. The Balaban J connectivity index is 1.67. The van der Waals surface area contributed by atoms with E-state index < -0.39 is 0 Å². The lowest BCUT2D eigenvalue weighted by molar-refractivity contribution is -0.132. The number of carbonyl (C=O) groups excluding carboxylic acids is 1. The molecule has 2 atom stereocenters. The summed E-state index contributed by atoms with van der Waals surface area (Å²) >= 11 is 0. The monoisotopic (exact) mass is 225 g/mol. The van der Waals surface area contributed by atoms with Crippen LogP contribution in [0.2, 0.25) is 0 Å². The van der Waals surface area contributed by atoms with Gasteiger partial charge in [-0.3, -0.25) is 4.79 Å². The lowest BCUT2D eigenvalue weighted by Crippen LogP contribution is -2.48. The highest BCUT2D eigenvalue weighted by molar-refractivity contribution is 5.76. The number of rotatable bonds is 3. The molecule has 0 aliphatic carbocycles. The van der Waals surface area contributed by atoms with Crippen LogP contribution in [0.5, 0.6) is 0 Å². The molecule has 0 aromatic heterocycles. The van der Waals surface area contributed by atoms with E-state index in [1.54, 1.807) is 0 Å². The van der Waals surface area contributed by atoms with E-state index in [1.165, 1.54) is 19.4 Å². The number of nitrogens with one attached hydrogen (secondary N) is 2. The Kier molecular flexibility index (Phi) is 4.18. The summed E-state index contributed by atoms with van der Waals surface area (Å²) < 4.78 is 0. The van der Waals surface area contributed by atoms with Crippen molar-refractivity contribution in [2.75, 3.05) is 33.2 Å². The van der Waals surface area contributed by atoms with Crippen molar-refractivity contribution in [3.05, 3.63) is 0 Å². The van der Waals surface area contributed by atoms with Crippen molar-refractivity contribution < 1.29 is 4.79 Å². The Hall–Kier alpha value is -0.610.